The van der Waals surface area contributed by atoms with E-state index in [1.165, 1.54) is 10.7 Å². The number of nitrogens with zero attached hydrogens (tertiary/aromatic N) is 2. The maximum atomic E-state index is 12.5. The monoisotopic (exact) mass is 229 g/mol. The Morgan fingerprint density at radius 1 is 1.44 bits per heavy atom. The second kappa shape index (κ2) is 3.40. The van der Waals surface area contributed by atoms with Crippen LogP contribution in [0, 0.1) is 0 Å². The number of nitrogens with two attached hydrogens (primary N) is 1. The summed E-state index contributed by atoms with van der Waals surface area (Å²) in [6.07, 6.45) is -2.52. The van der Waals surface area contributed by atoms with Crippen molar-refractivity contribution in [3.05, 3.63) is 29.5 Å². The van der Waals surface area contributed by atoms with Gasteiger partial charge in [0, 0.05) is 11.8 Å². The lowest BCUT2D eigenvalue weighted by Crippen LogP contribution is -2.05. The lowest BCUT2D eigenvalue weighted by molar-refractivity contribution is -0.137. The van der Waals surface area contributed by atoms with Crippen LogP contribution in [0.3, 0.4) is 0 Å². The second-order valence-electron chi connectivity index (χ2n) is 3.46. The predicted octanol–water partition coefficient (Wildman–Crippen LogP) is 2.50. The highest BCUT2D eigenvalue weighted by Crippen LogP contribution is 2.31. The van der Waals surface area contributed by atoms with Gasteiger partial charge < -0.3 is 5.73 Å². The summed E-state index contributed by atoms with van der Waals surface area (Å²) >= 11 is 0. The van der Waals surface area contributed by atoms with Gasteiger partial charge >= 0.3 is 6.18 Å². The van der Waals surface area contributed by atoms with Crippen LogP contribution in [0.15, 0.2) is 18.3 Å². The largest absolute Gasteiger partial charge is 0.416 e. The summed E-state index contributed by atoms with van der Waals surface area (Å²) < 4.78 is 38.9. The van der Waals surface area contributed by atoms with Crippen LogP contribution >= 0.6 is 0 Å². The van der Waals surface area contributed by atoms with Crippen LogP contribution in [0.5, 0.6) is 0 Å². The van der Waals surface area contributed by atoms with Crippen LogP contribution in [-0.2, 0) is 12.6 Å². The molecule has 2 N–H and O–H groups in total. The van der Waals surface area contributed by atoms with Crippen LogP contribution in [0.2, 0.25) is 0 Å². The first kappa shape index (κ1) is 10.8. The molecule has 0 aliphatic heterocycles. The smallest absolute Gasteiger partial charge is 0.382 e. The highest BCUT2D eigenvalue weighted by Gasteiger charge is 2.31. The molecular formula is C10H10F3N3. The first-order valence-electron chi connectivity index (χ1n) is 4.77. The molecule has 0 aromatic carbocycles. The van der Waals surface area contributed by atoms with E-state index in [1.807, 2.05) is 6.92 Å². The number of nitrogen functional groups attached to an aromatic ring is 1. The van der Waals surface area contributed by atoms with E-state index in [0.29, 0.717) is 17.5 Å². The van der Waals surface area contributed by atoms with Gasteiger partial charge in [-0.15, -0.1) is 0 Å². The molecule has 86 valence electrons. The van der Waals surface area contributed by atoms with Crippen LogP contribution in [0.4, 0.5) is 19.0 Å². The minimum atomic E-state index is -4.34. The lowest BCUT2D eigenvalue weighted by Gasteiger charge is -2.06. The van der Waals surface area contributed by atoms with E-state index in [9.17, 15) is 13.2 Å². The van der Waals surface area contributed by atoms with E-state index in [0.717, 1.165) is 12.1 Å². The van der Waals surface area contributed by atoms with Gasteiger partial charge in [0.05, 0.1) is 11.1 Å². The van der Waals surface area contributed by atoms with Crippen LogP contribution in [-0.4, -0.2) is 9.61 Å². The fourth-order valence-electron chi connectivity index (χ4n) is 1.65. The summed E-state index contributed by atoms with van der Waals surface area (Å²) in [5, 5.41) is 3.93. The Hall–Kier alpha value is -1.72. The van der Waals surface area contributed by atoms with E-state index in [-0.39, 0.29) is 5.82 Å². The van der Waals surface area contributed by atoms with Gasteiger partial charge in [-0.1, -0.05) is 6.92 Å². The van der Waals surface area contributed by atoms with Crippen molar-refractivity contribution in [1.29, 1.82) is 0 Å². The molecule has 2 rings (SSSR count). The SMILES string of the molecule is CCc1c(N)nn2ccc(C(F)(F)F)cc12. The highest BCUT2D eigenvalue weighted by molar-refractivity contribution is 5.64. The lowest BCUT2D eigenvalue weighted by atomic mass is 10.1. The van der Waals surface area contributed by atoms with Crippen molar-refractivity contribution in [2.75, 3.05) is 5.73 Å². The van der Waals surface area contributed by atoms with Gasteiger partial charge in [-0.05, 0) is 18.6 Å². The molecule has 0 saturated heterocycles. The average molecular weight is 229 g/mol. The Balaban J connectivity index is 2.69. The van der Waals surface area contributed by atoms with Gasteiger partial charge in [-0.3, -0.25) is 0 Å². The molecule has 3 nitrogen and oxygen atoms in total. The Morgan fingerprint density at radius 3 is 2.69 bits per heavy atom. The molecule has 0 unspecified atom stereocenters. The minimum absolute atomic E-state index is 0.279. The average Bonchev–Trinajstić information content (AvgIpc) is 2.50. The zero-order valence-electron chi connectivity index (χ0n) is 8.54. The zero-order chi connectivity index (χ0) is 11.9. The van der Waals surface area contributed by atoms with Gasteiger partial charge in [-0.2, -0.15) is 18.3 Å². The van der Waals surface area contributed by atoms with E-state index >= 15 is 0 Å². The highest BCUT2D eigenvalue weighted by atomic mass is 19.4. The minimum Gasteiger partial charge on any atom is -0.382 e. The Kier molecular flexibility index (Phi) is 2.29. The van der Waals surface area contributed by atoms with Crippen LogP contribution in [0.1, 0.15) is 18.1 Å². The predicted molar refractivity (Wildman–Crippen MR) is 54.0 cm³/mol. The van der Waals surface area contributed by atoms with Crippen molar-refractivity contribution in [1.82, 2.24) is 9.61 Å². The molecule has 0 spiro atoms. The number of anilines is 1. The number of aryl methyl sites for hydroxylation is 1. The standard InChI is InChI=1S/C10H10F3N3/c1-2-7-8-5-6(10(11,12)13)3-4-16(8)15-9(7)14/h3-5H,2H2,1H3,(H2,14,15). The Morgan fingerprint density at radius 2 is 2.12 bits per heavy atom. The molecule has 0 radical (unpaired) electrons. The summed E-state index contributed by atoms with van der Waals surface area (Å²) in [6.45, 7) is 1.83. The molecule has 0 amide bonds. The van der Waals surface area contributed by atoms with E-state index in [2.05, 4.69) is 5.10 Å². The zero-order valence-corrected chi connectivity index (χ0v) is 8.54. The fraction of sp³-hybridized carbons (Fsp3) is 0.300. The maximum Gasteiger partial charge on any atom is 0.416 e. The Labute approximate surface area is 89.7 Å². The third-order valence-electron chi connectivity index (χ3n) is 2.45. The summed E-state index contributed by atoms with van der Waals surface area (Å²) in [4.78, 5) is 0. The van der Waals surface area contributed by atoms with Gasteiger partial charge in [0.25, 0.3) is 0 Å². The molecule has 2 aromatic rings. The number of halogens is 3. The number of alkyl halides is 3. The fourth-order valence-corrected chi connectivity index (χ4v) is 1.65. The molecule has 2 heterocycles. The second-order valence-corrected chi connectivity index (χ2v) is 3.46. The van der Waals surface area contributed by atoms with E-state index in [4.69, 9.17) is 5.73 Å². The van der Waals surface area contributed by atoms with Crippen molar-refractivity contribution in [2.45, 2.75) is 19.5 Å². The number of hydrogen-bond acceptors (Lipinski definition) is 2. The third-order valence-corrected chi connectivity index (χ3v) is 2.45. The summed E-state index contributed by atoms with van der Waals surface area (Å²) in [7, 11) is 0. The molecule has 0 saturated carbocycles. The van der Waals surface area contributed by atoms with Crippen molar-refractivity contribution in [2.24, 2.45) is 0 Å². The van der Waals surface area contributed by atoms with Gasteiger partial charge in [-0.25, -0.2) is 4.52 Å². The molecule has 0 bridgehead atoms. The molecule has 2 aromatic heterocycles. The number of aromatic nitrogens is 2. The number of rotatable bonds is 1. The van der Waals surface area contributed by atoms with Crippen molar-refractivity contribution >= 4 is 11.3 Å². The molecule has 0 aliphatic carbocycles. The molecule has 0 atom stereocenters. The van der Waals surface area contributed by atoms with Crippen LogP contribution in [0.25, 0.3) is 5.52 Å². The first-order valence-corrected chi connectivity index (χ1v) is 4.77. The van der Waals surface area contributed by atoms with Gasteiger partial charge in [0.15, 0.2) is 0 Å². The normalized spacial score (nSPS) is 12.2. The molecule has 16 heavy (non-hydrogen) atoms. The molecular weight excluding hydrogens is 219 g/mol. The molecule has 6 heteroatoms. The molecule has 0 fully saturated rings. The van der Waals surface area contributed by atoms with E-state index < -0.39 is 11.7 Å². The number of fused-ring (bicyclic) bond motifs is 1. The van der Waals surface area contributed by atoms with E-state index in [1.54, 1.807) is 0 Å². The Bertz CT molecular complexity index is 528. The number of pyridine rings is 1. The molecule has 0 aliphatic rings. The summed E-state index contributed by atoms with van der Waals surface area (Å²) in [6, 6.07) is 2.06. The van der Waals surface area contributed by atoms with Crippen molar-refractivity contribution in [3.63, 3.8) is 0 Å². The quantitative estimate of drug-likeness (QED) is 0.816. The first-order chi connectivity index (χ1) is 7.43. The third kappa shape index (κ3) is 1.60. The maximum absolute atomic E-state index is 12.5. The topological polar surface area (TPSA) is 43.3 Å². The number of hydrogen-bond donors (Lipinski definition) is 1. The van der Waals surface area contributed by atoms with Crippen molar-refractivity contribution < 1.29 is 13.2 Å². The summed E-state index contributed by atoms with van der Waals surface area (Å²) in [5.41, 5.74) is 5.98. The van der Waals surface area contributed by atoms with Crippen molar-refractivity contribution in [3.8, 4) is 0 Å². The van der Waals surface area contributed by atoms with Gasteiger partial charge in [0.2, 0.25) is 0 Å². The van der Waals surface area contributed by atoms with Gasteiger partial charge in [0.1, 0.15) is 5.82 Å². The summed E-state index contributed by atoms with van der Waals surface area (Å²) in [5.74, 6) is 0.279. The van der Waals surface area contributed by atoms with Crippen LogP contribution < -0.4 is 5.73 Å².